The summed E-state index contributed by atoms with van der Waals surface area (Å²) in [4.78, 5) is 11.0. The zero-order valence-electron chi connectivity index (χ0n) is 6.88. The van der Waals surface area contributed by atoms with Crippen LogP contribution in [0.2, 0.25) is 0 Å². The second kappa shape index (κ2) is 2.81. The van der Waals surface area contributed by atoms with Gasteiger partial charge in [0.2, 0.25) is 5.91 Å². The molecule has 0 saturated carbocycles. The molecule has 0 saturated heterocycles. The maximum Gasteiger partial charge on any atom is 0.225 e. The van der Waals surface area contributed by atoms with Crippen LogP contribution in [0.3, 0.4) is 0 Å². The Morgan fingerprint density at radius 1 is 1.54 bits per heavy atom. The SMILES string of the molecule is NC1NC(=O)Cc2cc(F)ccc21. The molecule has 2 rings (SSSR count). The van der Waals surface area contributed by atoms with Crippen LogP contribution in [0.15, 0.2) is 18.2 Å². The van der Waals surface area contributed by atoms with E-state index in [1.54, 1.807) is 6.07 Å². The number of hydrogen-bond acceptors (Lipinski definition) is 2. The van der Waals surface area contributed by atoms with Crippen molar-refractivity contribution in [2.24, 2.45) is 5.73 Å². The summed E-state index contributed by atoms with van der Waals surface area (Å²) in [5.74, 6) is -0.494. The Balaban J connectivity index is 2.49. The highest BCUT2D eigenvalue weighted by atomic mass is 19.1. The van der Waals surface area contributed by atoms with Crippen molar-refractivity contribution in [2.45, 2.75) is 12.6 Å². The van der Waals surface area contributed by atoms with Crippen molar-refractivity contribution in [3.8, 4) is 0 Å². The Kier molecular flexibility index (Phi) is 1.77. The maximum atomic E-state index is 12.8. The number of halogens is 1. The van der Waals surface area contributed by atoms with Gasteiger partial charge in [-0.1, -0.05) is 6.07 Å². The molecule has 3 nitrogen and oxygen atoms in total. The first kappa shape index (κ1) is 8.19. The lowest BCUT2D eigenvalue weighted by molar-refractivity contribution is -0.121. The molecule has 1 unspecified atom stereocenters. The number of nitrogens with two attached hydrogens (primary N) is 1. The largest absolute Gasteiger partial charge is 0.337 e. The van der Waals surface area contributed by atoms with Gasteiger partial charge < -0.3 is 11.1 Å². The van der Waals surface area contributed by atoms with E-state index >= 15 is 0 Å². The van der Waals surface area contributed by atoms with E-state index in [2.05, 4.69) is 5.32 Å². The molecule has 1 aliphatic heterocycles. The van der Waals surface area contributed by atoms with Gasteiger partial charge in [0, 0.05) is 0 Å². The van der Waals surface area contributed by atoms with Gasteiger partial charge in [-0.25, -0.2) is 4.39 Å². The molecule has 0 bridgehead atoms. The molecular weight excluding hydrogens is 171 g/mol. The van der Waals surface area contributed by atoms with E-state index in [1.165, 1.54) is 12.1 Å². The van der Waals surface area contributed by atoms with Gasteiger partial charge in [0.1, 0.15) is 12.0 Å². The fourth-order valence-corrected chi connectivity index (χ4v) is 1.51. The highest BCUT2D eigenvalue weighted by molar-refractivity contribution is 5.81. The molecule has 0 radical (unpaired) electrons. The lowest BCUT2D eigenvalue weighted by Crippen LogP contribution is -2.39. The van der Waals surface area contributed by atoms with Gasteiger partial charge in [0.05, 0.1) is 6.42 Å². The normalized spacial score (nSPS) is 20.8. The number of carbonyl (C=O) groups is 1. The minimum atomic E-state index is -0.503. The van der Waals surface area contributed by atoms with E-state index in [1.807, 2.05) is 0 Å². The molecular formula is C9H9FN2O. The van der Waals surface area contributed by atoms with Crippen molar-refractivity contribution >= 4 is 5.91 Å². The third-order valence-corrected chi connectivity index (χ3v) is 2.11. The van der Waals surface area contributed by atoms with Gasteiger partial charge >= 0.3 is 0 Å². The summed E-state index contributed by atoms with van der Waals surface area (Å²) in [5, 5.41) is 2.57. The number of fused-ring (bicyclic) bond motifs is 1. The summed E-state index contributed by atoms with van der Waals surface area (Å²) in [6.07, 6.45) is -0.294. The van der Waals surface area contributed by atoms with E-state index in [4.69, 9.17) is 5.73 Å². The molecule has 1 aromatic carbocycles. The van der Waals surface area contributed by atoms with Crippen LogP contribution in [0, 0.1) is 5.82 Å². The number of amides is 1. The Bertz CT molecular complexity index is 365. The van der Waals surface area contributed by atoms with Gasteiger partial charge in [-0.2, -0.15) is 0 Å². The quantitative estimate of drug-likeness (QED) is 0.609. The van der Waals surface area contributed by atoms with Gasteiger partial charge in [-0.05, 0) is 23.3 Å². The van der Waals surface area contributed by atoms with Crippen LogP contribution in [0.1, 0.15) is 17.3 Å². The van der Waals surface area contributed by atoms with E-state index in [-0.39, 0.29) is 18.1 Å². The van der Waals surface area contributed by atoms with E-state index in [0.29, 0.717) is 5.56 Å². The summed E-state index contributed by atoms with van der Waals surface area (Å²) >= 11 is 0. The Labute approximate surface area is 74.7 Å². The standard InChI is InChI=1S/C9H9FN2O/c10-6-1-2-7-5(3-6)4-8(13)12-9(7)11/h1-3,9H,4,11H2,(H,12,13). The van der Waals surface area contributed by atoms with Gasteiger partial charge in [-0.3, -0.25) is 4.79 Å². The van der Waals surface area contributed by atoms with E-state index in [0.717, 1.165) is 5.56 Å². The smallest absolute Gasteiger partial charge is 0.225 e. The van der Waals surface area contributed by atoms with Crippen molar-refractivity contribution in [2.75, 3.05) is 0 Å². The highest BCUT2D eigenvalue weighted by Gasteiger charge is 2.21. The van der Waals surface area contributed by atoms with Gasteiger partial charge in [0.15, 0.2) is 0 Å². The monoisotopic (exact) mass is 180 g/mol. The third kappa shape index (κ3) is 1.40. The van der Waals surface area contributed by atoms with Crippen molar-refractivity contribution < 1.29 is 9.18 Å². The first-order valence-corrected chi connectivity index (χ1v) is 4.00. The third-order valence-electron chi connectivity index (χ3n) is 2.11. The lowest BCUT2D eigenvalue weighted by atomic mass is 9.98. The number of rotatable bonds is 0. The predicted molar refractivity (Wildman–Crippen MR) is 45.2 cm³/mol. The summed E-state index contributed by atoms with van der Waals surface area (Å²) in [6, 6.07) is 4.30. The summed E-state index contributed by atoms with van der Waals surface area (Å²) in [6.45, 7) is 0. The minimum Gasteiger partial charge on any atom is -0.337 e. The van der Waals surface area contributed by atoms with Crippen LogP contribution in [0.4, 0.5) is 4.39 Å². The van der Waals surface area contributed by atoms with Gasteiger partial charge in [0.25, 0.3) is 0 Å². The first-order valence-electron chi connectivity index (χ1n) is 4.00. The second-order valence-corrected chi connectivity index (χ2v) is 3.07. The number of hydrogen-bond donors (Lipinski definition) is 2. The average Bonchev–Trinajstić information content (AvgIpc) is 2.02. The van der Waals surface area contributed by atoms with E-state index < -0.39 is 6.17 Å². The minimum absolute atomic E-state index is 0.161. The molecule has 0 aliphatic carbocycles. The van der Waals surface area contributed by atoms with Crippen LogP contribution < -0.4 is 11.1 Å². The fraction of sp³-hybridized carbons (Fsp3) is 0.222. The predicted octanol–water partition coefficient (Wildman–Crippen LogP) is 0.455. The molecule has 0 aromatic heterocycles. The molecule has 3 N–H and O–H groups in total. The summed E-state index contributed by atoms with van der Waals surface area (Å²) in [5.41, 5.74) is 7.10. The highest BCUT2D eigenvalue weighted by Crippen LogP contribution is 2.20. The van der Waals surface area contributed by atoms with Crippen LogP contribution in [0.5, 0.6) is 0 Å². The van der Waals surface area contributed by atoms with Crippen molar-refractivity contribution in [3.63, 3.8) is 0 Å². The van der Waals surface area contributed by atoms with Crippen molar-refractivity contribution in [3.05, 3.63) is 35.1 Å². The molecule has 1 aromatic rings. The Hall–Kier alpha value is -1.42. The summed E-state index contributed by atoms with van der Waals surface area (Å²) < 4.78 is 12.8. The molecule has 13 heavy (non-hydrogen) atoms. The summed E-state index contributed by atoms with van der Waals surface area (Å²) in [7, 11) is 0. The van der Waals surface area contributed by atoms with Crippen molar-refractivity contribution in [1.82, 2.24) is 5.32 Å². The maximum absolute atomic E-state index is 12.8. The van der Waals surface area contributed by atoms with Crippen LogP contribution in [0.25, 0.3) is 0 Å². The van der Waals surface area contributed by atoms with E-state index in [9.17, 15) is 9.18 Å². The fourth-order valence-electron chi connectivity index (χ4n) is 1.51. The Morgan fingerprint density at radius 2 is 2.31 bits per heavy atom. The molecule has 4 heteroatoms. The second-order valence-electron chi connectivity index (χ2n) is 3.07. The van der Waals surface area contributed by atoms with Crippen molar-refractivity contribution in [1.29, 1.82) is 0 Å². The van der Waals surface area contributed by atoms with Crippen LogP contribution in [-0.2, 0) is 11.2 Å². The average molecular weight is 180 g/mol. The molecule has 68 valence electrons. The molecule has 0 spiro atoms. The molecule has 1 atom stereocenters. The molecule has 1 aliphatic rings. The number of benzene rings is 1. The lowest BCUT2D eigenvalue weighted by Gasteiger charge is -2.22. The zero-order chi connectivity index (χ0) is 9.42. The molecule has 0 fully saturated rings. The Morgan fingerprint density at radius 3 is 3.08 bits per heavy atom. The topological polar surface area (TPSA) is 55.1 Å². The number of carbonyl (C=O) groups excluding carboxylic acids is 1. The van der Waals surface area contributed by atoms with Gasteiger partial charge in [-0.15, -0.1) is 0 Å². The molecule has 1 amide bonds. The van der Waals surface area contributed by atoms with Crippen LogP contribution in [-0.4, -0.2) is 5.91 Å². The zero-order valence-corrected chi connectivity index (χ0v) is 6.88. The number of nitrogens with one attached hydrogen (secondary N) is 1. The first-order chi connectivity index (χ1) is 6.16. The van der Waals surface area contributed by atoms with Crippen LogP contribution >= 0.6 is 0 Å². The molecule has 1 heterocycles.